The molecule has 0 spiro atoms. The van der Waals surface area contributed by atoms with E-state index in [1.54, 1.807) is 30.6 Å². The van der Waals surface area contributed by atoms with Crippen LogP contribution in [0.25, 0.3) is 10.6 Å². The van der Waals surface area contributed by atoms with Crippen LogP contribution in [-0.2, 0) is 10.3 Å². The summed E-state index contributed by atoms with van der Waals surface area (Å²) in [6.45, 7) is 7.81. The molecule has 0 aliphatic heterocycles. The molecule has 1 aromatic carbocycles. The van der Waals surface area contributed by atoms with Crippen molar-refractivity contribution < 1.29 is 14.6 Å². The van der Waals surface area contributed by atoms with Crippen molar-refractivity contribution in [3.05, 3.63) is 87.7 Å². The smallest absolute Gasteiger partial charge is 0.337 e. The molecule has 7 nitrogen and oxygen atoms in total. The number of benzene rings is 1. The van der Waals surface area contributed by atoms with E-state index in [9.17, 15) is 9.90 Å². The lowest BCUT2D eigenvalue weighted by atomic mass is 9.87. The summed E-state index contributed by atoms with van der Waals surface area (Å²) < 4.78 is 4.81. The van der Waals surface area contributed by atoms with Crippen LogP contribution in [0.15, 0.2) is 54.9 Å². The summed E-state index contributed by atoms with van der Waals surface area (Å²) in [4.78, 5) is 26.5. The average molecular weight is 489 g/mol. The highest BCUT2D eigenvalue weighted by Crippen LogP contribution is 2.39. The van der Waals surface area contributed by atoms with E-state index in [0.717, 1.165) is 33.1 Å². The number of aromatic nitrogens is 3. The number of ether oxygens (including phenoxy) is 1. The van der Waals surface area contributed by atoms with Gasteiger partial charge in [0.25, 0.3) is 0 Å². The van der Waals surface area contributed by atoms with Gasteiger partial charge in [0.15, 0.2) is 0 Å². The monoisotopic (exact) mass is 488 g/mol. The van der Waals surface area contributed by atoms with E-state index >= 15 is 0 Å². The second-order valence-electron chi connectivity index (χ2n) is 8.52. The SMILES string of the molecule is CC[C@@](O)(c1ncc(-c2cc(C)cc(Nc3cc(C)ccn3)n2)s1)c1ccc(C(=O)OC)cc1C. The molecule has 0 aliphatic rings. The predicted molar refractivity (Wildman–Crippen MR) is 138 cm³/mol. The van der Waals surface area contributed by atoms with Crippen LogP contribution < -0.4 is 5.32 Å². The van der Waals surface area contributed by atoms with Crippen LogP contribution in [0.4, 0.5) is 11.6 Å². The summed E-state index contributed by atoms with van der Waals surface area (Å²) in [7, 11) is 1.35. The van der Waals surface area contributed by atoms with Crippen molar-refractivity contribution in [3.63, 3.8) is 0 Å². The average Bonchev–Trinajstić information content (AvgIpc) is 3.34. The van der Waals surface area contributed by atoms with Gasteiger partial charge in [0, 0.05) is 12.4 Å². The van der Waals surface area contributed by atoms with Crippen molar-refractivity contribution in [2.75, 3.05) is 12.4 Å². The molecule has 180 valence electrons. The van der Waals surface area contributed by atoms with Crippen LogP contribution >= 0.6 is 11.3 Å². The maximum absolute atomic E-state index is 11.9. The lowest BCUT2D eigenvalue weighted by Crippen LogP contribution is -2.27. The lowest BCUT2D eigenvalue weighted by molar-refractivity contribution is 0.0598. The first-order valence-corrected chi connectivity index (χ1v) is 12.1. The number of carbonyl (C=O) groups excluding carboxylic acids is 1. The van der Waals surface area contributed by atoms with Crippen molar-refractivity contribution in [3.8, 4) is 10.6 Å². The number of nitrogens with zero attached hydrogens (tertiary/aromatic N) is 3. The van der Waals surface area contributed by atoms with Gasteiger partial charge in [0.1, 0.15) is 22.2 Å². The van der Waals surface area contributed by atoms with Crippen LogP contribution in [0, 0.1) is 20.8 Å². The standard InChI is InChI=1S/C27H28N4O3S/c1-6-27(33,20-8-7-19(14-18(20)4)25(32)34-5)26-29-15-22(35-26)21-11-17(3)13-24(30-21)31-23-12-16(2)9-10-28-23/h7-15,33H,6H2,1-5H3,(H,28,30,31)/t27-/m0/s1. The Kier molecular flexibility index (Phi) is 6.95. The van der Waals surface area contributed by atoms with Crippen LogP contribution in [0.1, 0.15) is 51.0 Å². The molecule has 0 radical (unpaired) electrons. The van der Waals surface area contributed by atoms with Gasteiger partial charge in [-0.2, -0.15) is 0 Å². The topological polar surface area (TPSA) is 97.2 Å². The van der Waals surface area contributed by atoms with Crippen molar-refractivity contribution >= 4 is 28.9 Å². The normalized spacial score (nSPS) is 12.7. The minimum absolute atomic E-state index is 0.410. The minimum atomic E-state index is -1.29. The van der Waals surface area contributed by atoms with E-state index in [0.29, 0.717) is 28.4 Å². The number of carbonyl (C=O) groups is 1. The quantitative estimate of drug-likeness (QED) is 0.322. The highest BCUT2D eigenvalue weighted by molar-refractivity contribution is 7.15. The number of pyridine rings is 2. The zero-order valence-corrected chi connectivity index (χ0v) is 21.2. The molecule has 8 heteroatoms. The van der Waals surface area contributed by atoms with Crippen LogP contribution in [-0.4, -0.2) is 33.1 Å². The molecule has 0 fully saturated rings. The Bertz CT molecular complexity index is 1380. The number of anilines is 2. The number of aliphatic hydroxyl groups is 1. The first kappa shape index (κ1) is 24.5. The van der Waals surface area contributed by atoms with Gasteiger partial charge in [-0.1, -0.05) is 13.0 Å². The third-order valence-corrected chi connectivity index (χ3v) is 7.03. The molecule has 0 bridgehead atoms. The number of rotatable bonds is 7. The van der Waals surface area contributed by atoms with E-state index in [2.05, 4.69) is 15.3 Å². The number of esters is 1. The number of thiazole rings is 1. The zero-order chi connectivity index (χ0) is 25.2. The van der Waals surface area contributed by atoms with Crippen molar-refractivity contribution in [1.29, 1.82) is 0 Å². The predicted octanol–water partition coefficient (Wildman–Crippen LogP) is 5.70. The molecule has 0 amide bonds. The molecule has 35 heavy (non-hydrogen) atoms. The fourth-order valence-corrected chi connectivity index (χ4v) is 5.06. The third-order valence-electron chi connectivity index (χ3n) is 5.86. The van der Waals surface area contributed by atoms with E-state index in [1.807, 2.05) is 52.0 Å². The molecule has 2 N–H and O–H groups in total. The maximum atomic E-state index is 11.9. The van der Waals surface area contributed by atoms with Gasteiger partial charge in [-0.25, -0.2) is 19.7 Å². The molecule has 0 saturated heterocycles. The van der Waals surface area contributed by atoms with Gasteiger partial charge in [-0.05, 0) is 85.8 Å². The molecule has 0 saturated carbocycles. The highest BCUT2D eigenvalue weighted by Gasteiger charge is 2.35. The van der Waals surface area contributed by atoms with Gasteiger partial charge in [0.2, 0.25) is 0 Å². The van der Waals surface area contributed by atoms with E-state index < -0.39 is 11.6 Å². The van der Waals surface area contributed by atoms with Crippen LogP contribution in [0.5, 0.6) is 0 Å². The van der Waals surface area contributed by atoms with Gasteiger partial charge in [0.05, 0.1) is 23.2 Å². The molecule has 1 atom stereocenters. The second kappa shape index (κ2) is 9.93. The molecule has 3 heterocycles. The second-order valence-corrected chi connectivity index (χ2v) is 9.55. The molecular weight excluding hydrogens is 460 g/mol. The van der Waals surface area contributed by atoms with E-state index in [4.69, 9.17) is 9.72 Å². The van der Waals surface area contributed by atoms with Crippen LogP contribution in [0.3, 0.4) is 0 Å². The lowest BCUT2D eigenvalue weighted by Gasteiger charge is -2.27. The van der Waals surface area contributed by atoms with Crippen molar-refractivity contribution in [2.24, 2.45) is 0 Å². The molecule has 0 unspecified atom stereocenters. The largest absolute Gasteiger partial charge is 0.465 e. The molecule has 4 aromatic rings. The van der Waals surface area contributed by atoms with Gasteiger partial charge in [-0.15, -0.1) is 11.3 Å². The first-order chi connectivity index (χ1) is 16.7. The Hall–Kier alpha value is -3.62. The van der Waals surface area contributed by atoms with Crippen molar-refractivity contribution in [2.45, 2.75) is 39.7 Å². The number of hydrogen-bond acceptors (Lipinski definition) is 8. The minimum Gasteiger partial charge on any atom is -0.465 e. The van der Waals surface area contributed by atoms with Gasteiger partial charge >= 0.3 is 5.97 Å². The summed E-state index contributed by atoms with van der Waals surface area (Å²) in [6.07, 6.45) is 3.93. The first-order valence-electron chi connectivity index (χ1n) is 11.3. The summed E-state index contributed by atoms with van der Waals surface area (Å²) in [5.74, 6) is 1.00. The molecule has 0 aliphatic carbocycles. The van der Waals surface area contributed by atoms with Crippen LogP contribution in [0.2, 0.25) is 0 Å². The van der Waals surface area contributed by atoms with E-state index in [1.165, 1.54) is 18.4 Å². The number of nitrogens with one attached hydrogen (secondary N) is 1. The Morgan fingerprint density at radius 2 is 1.83 bits per heavy atom. The summed E-state index contributed by atoms with van der Waals surface area (Å²) in [6, 6.07) is 13.0. The Balaban J connectivity index is 1.67. The Morgan fingerprint density at radius 1 is 1.06 bits per heavy atom. The molecule has 3 aromatic heterocycles. The van der Waals surface area contributed by atoms with Gasteiger partial charge in [-0.3, -0.25) is 0 Å². The summed E-state index contributed by atoms with van der Waals surface area (Å²) in [5.41, 5.74) is 3.56. The zero-order valence-electron chi connectivity index (χ0n) is 20.4. The van der Waals surface area contributed by atoms with Crippen molar-refractivity contribution in [1.82, 2.24) is 15.0 Å². The summed E-state index contributed by atoms with van der Waals surface area (Å²) >= 11 is 1.40. The molecule has 4 rings (SSSR count). The van der Waals surface area contributed by atoms with Gasteiger partial charge < -0.3 is 15.2 Å². The Labute approximate surface area is 208 Å². The number of aryl methyl sites for hydroxylation is 3. The third kappa shape index (κ3) is 5.08. The molecular formula is C27H28N4O3S. The highest BCUT2D eigenvalue weighted by atomic mass is 32.1. The fourth-order valence-electron chi connectivity index (χ4n) is 4.01. The summed E-state index contributed by atoms with van der Waals surface area (Å²) in [5, 5.41) is 15.6. The fraction of sp³-hybridized carbons (Fsp3) is 0.259. The number of hydrogen-bond donors (Lipinski definition) is 2. The number of methoxy groups -OCH3 is 1. The maximum Gasteiger partial charge on any atom is 0.337 e. The van der Waals surface area contributed by atoms with E-state index in [-0.39, 0.29) is 0 Å². The Morgan fingerprint density at radius 3 is 2.51 bits per heavy atom.